The largest absolute Gasteiger partial charge is 0.390 e. The molecule has 0 saturated heterocycles. The van der Waals surface area contributed by atoms with Crippen LogP contribution in [-0.4, -0.2) is 59.8 Å². The summed E-state index contributed by atoms with van der Waals surface area (Å²) in [5.41, 5.74) is 2.97. The van der Waals surface area contributed by atoms with Crippen LogP contribution in [0.5, 0.6) is 0 Å². The number of aliphatic hydroxyl groups excluding tert-OH is 1. The topological polar surface area (TPSA) is 77.3 Å². The molecule has 0 aliphatic carbocycles. The third-order valence-corrected chi connectivity index (χ3v) is 3.92. The van der Waals surface area contributed by atoms with E-state index < -0.39 is 6.10 Å². The molecule has 0 aromatic heterocycles. The van der Waals surface area contributed by atoms with Gasteiger partial charge in [0.05, 0.1) is 12.3 Å². The normalized spacial score (nSPS) is 19.5. The highest BCUT2D eigenvalue weighted by molar-refractivity contribution is 6.43. The van der Waals surface area contributed by atoms with E-state index in [0.717, 1.165) is 19.5 Å². The molecule has 0 aromatic carbocycles. The summed E-state index contributed by atoms with van der Waals surface area (Å²) < 4.78 is 0. The average Bonchev–Trinajstić information content (AvgIpc) is 2.84. The second-order valence-corrected chi connectivity index (χ2v) is 5.87. The summed E-state index contributed by atoms with van der Waals surface area (Å²) in [6.07, 6.45) is 8.90. The fraction of sp³-hybridized carbons (Fsp3) is 0.444. The van der Waals surface area contributed by atoms with E-state index >= 15 is 0 Å². The van der Waals surface area contributed by atoms with Crippen LogP contribution in [0.25, 0.3) is 0 Å². The Morgan fingerprint density at radius 2 is 2.42 bits per heavy atom. The van der Waals surface area contributed by atoms with E-state index in [1.165, 1.54) is 29.6 Å². The summed E-state index contributed by atoms with van der Waals surface area (Å²) in [7, 11) is 0. The minimum absolute atomic E-state index is 0.192. The summed E-state index contributed by atoms with van der Waals surface area (Å²) in [5, 5.41) is 12.9. The van der Waals surface area contributed by atoms with Gasteiger partial charge in [0, 0.05) is 38.2 Å². The van der Waals surface area contributed by atoms with Crippen LogP contribution >= 0.6 is 0 Å². The van der Waals surface area contributed by atoms with Gasteiger partial charge in [-0.1, -0.05) is 17.7 Å². The lowest BCUT2D eigenvalue weighted by atomic mass is 10.0. The van der Waals surface area contributed by atoms with Gasteiger partial charge < -0.3 is 10.4 Å². The molecular formula is C18H24N4O2. The molecule has 2 aliphatic rings. The van der Waals surface area contributed by atoms with Crippen molar-refractivity contribution in [3.8, 4) is 0 Å². The Balaban J connectivity index is 1.78. The minimum Gasteiger partial charge on any atom is -0.390 e. The Kier molecular flexibility index (Phi) is 6.88. The van der Waals surface area contributed by atoms with Crippen molar-refractivity contribution in [3.05, 3.63) is 41.8 Å². The lowest BCUT2D eigenvalue weighted by Crippen LogP contribution is -2.43. The van der Waals surface area contributed by atoms with Gasteiger partial charge in [-0.3, -0.25) is 9.69 Å². The number of nitrogens with zero attached hydrogens (tertiary/aromatic N) is 3. The van der Waals surface area contributed by atoms with Crippen molar-refractivity contribution in [2.75, 3.05) is 26.2 Å². The van der Waals surface area contributed by atoms with Crippen LogP contribution in [0.4, 0.5) is 0 Å². The van der Waals surface area contributed by atoms with Crippen molar-refractivity contribution < 1.29 is 9.90 Å². The highest BCUT2D eigenvalue weighted by Gasteiger charge is 2.18. The smallest absolute Gasteiger partial charge is 0.270 e. The zero-order chi connectivity index (χ0) is 17.4. The van der Waals surface area contributed by atoms with Gasteiger partial charge >= 0.3 is 0 Å². The molecule has 1 amide bonds. The Bertz CT molecular complexity index is 652. The first kappa shape index (κ1) is 18.1. The average molecular weight is 328 g/mol. The molecule has 0 spiro atoms. The van der Waals surface area contributed by atoms with Crippen molar-refractivity contribution in [2.24, 2.45) is 9.98 Å². The number of carbonyl (C=O) groups excluding carboxylic acids is 1. The second kappa shape index (κ2) is 9.13. The zero-order valence-electron chi connectivity index (χ0n) is 14.2. The molecule has 2 rings (SSSR count). The molecule has 128 valence electrons. The molecule has 0 bridgehead atoms. The molecular weight excluding hydrogens is 304 g/mol. The molecule has 6 nitrogen and oxygen atoms in total. The van der Waals surface area contributed by atoms with Gasteiger partial charge in [0.2, 0.25) is 0 Å². The van der Waals surface area contributed by atoms with E-state index in [0.29, 0.717) is 6.54 Å². The molecule has 0 aromatic rings. The molecule has 0 fully saturated rings. The number of amides is 1. The van der Waals surface area contributed by atoms with Gasteiger partial charge in [-0.05, 0) is 31.9 Å². The molecule has 0 radical (unpaired) electrons. The van der Waals surface area contributed by atoms with Crippen LogP contribution in [0.3, 0.4) is 0 Å². The van der Waals surface area contributed by atoms with E-state index in [1.807, 2.05) is 6.92 Å². The van der Waals surface area contributed by atoms with Gasteiger partial charge in [0.1, 0.15) is 5.71 Å². The Hall–Kier alpha value is -2.27. The number of aliphatic imine (C=N–C) groups is 2. The minimum atomic E-state index is -0.618. The number of rotatable bonds is 6. The van der Waals surface area contributed by atoms with E-state index in [-0.39, 0.29) is 18.2 Å². The quantitative estimate of drug-likeness (QED) is 0.769. The summed E-state index contributed by atoms with van der Waals surface area (Å²) in [6, 6.07) is 0. The summed E-state index contributed by atoms with van der Waals surface area (Å²) in [4.78, 5) is 21.9. The summed E-state index contributed by atoms with van der Waals surface area (Å²) in [6.45, 7) is 6.64. The van der Waals surface area contributed by atoms with Gasteiger partial charge in [0.25, 0.3) is 5.91 Å². The number of carbonyl (C=O) groups is 1. The Labute approximate surface area is 142 Å². The SMILES string of the molecule is C/C=C\C1=C(C)CN(C[C@@H](O)CNC(=O)C2=NC=C=NC=C2)CC1. The fourth-order valence-corrected chi connectivity index (χ4v) is 2.71. The standard InChI is InChI=1S/C18H24N4O2/c1-3-4-15-6-10-22(12-14(15)2)13-16(23)11-21-18(24)17-5-7-19-8-9-20-17/h3-5,7,9,16,23H,6,10-13H2,1-2H3,(H,21,24)/b4-3-/t16-/m0/s1. The summed E-state index contributed by atoms with van der Waals surface area (Å²) >= 11 is 0. The highest BCUT2D eigenvalue weighted by atomic mass is 16.3. The fourth-order valence-electron chi connectivity index (χ4n) is 2.71. The maximum absolute atomic E-state index is 12.0. The third kappa shape index (κ3) is 5.42. The predicted molar refractivity (Wildman–Crippen MR) is 96.2 cm³/mol. The van der Waals surface area contributed by atoms with E-state index in [2.05, 4.69) is 45.1 Å². The lowest BCUT2D eigenvalue weighted by molar-refractivity contribution is -0.115. The van der Waals surface area contributed by atoms with Crippen molar-refractivity contribution in [3.63, 3.8) is 0 Å². The maximum Gasteiger partial charge on any atom is 0.270 e. The number of allylic oxidation sites excluding steroid dienone is 2. The molecule has 2 heterocycles. The van der Waals surface area contributed by atoms with E-state index in [9.17, 15) is 9.90 Å². The first-order valence-electron chi connectivity index (χ1n) is 8.11. The predicted octanol–water partition coefficient (Wildman–Crippen LogP) is 1.21. The van der Waals surface area contributed by atoms with Gasteiger partial charge in [-0.2, -0.15) is 0 Å². The van der Waals surface area contributed by atoms with Crippen LogP contribution in [0.2, 0.25) is 0 Å². The van der Waals surface area contributed by atoms with Gasteiger partial charge in [-0.15, -0.1) is 0 Å². The molecule has 2 aliphatic heterocycles. The van der Waals surface area contributed by atoms with E-state index in [4.69, 9.17) is 0 Å². The van der Waals surface area contributed by atoms with Crippen molar-refractivity contribution >= 4 is 17.5 Å². The first-order valence-corrected chi connectivity index (χ1v) is 8.11. The summed E-state index contributed by atoms with van der Waals surface area (Å²) in [5.74, 6) is 2.22. The van der Waals surface area contributed by atoms with Crippen molar-refractivity contribution in [1.29, 1.82) is 0 Å². The Morgan fingerprint density at radius 3 is 3.17 bits per heavy atom. The number of hydrogen-bond acceptors (Lipinski definition) is 5. The molecule has 1 atom stereocenters. The number of β-amino-alcohol motifs (C(OH)–C–C–N with tert-alkyl or cyclic N) is 1. The molecule has 24 heavy (non-hydrogen) atoms. The number of aliphatic hydroxyl groups is 1. The van der Waals surface area contributed by atoms with E-state index in [1.54, 1.807) is 0 Å². The van der Waals surface area contributed by atoms with Gasteiger partial charge in [0.15, 0.2) is 0 Å². The molecule has 0 saturated carbocycles. The second-order valence-electron chi connectivity index (χ2n) is 5.87. The van der Waals surface area contributed by atoms with Crippen LogP contribution < -0.4 is 5.32 Å². The van der Waals surface area contributed by atoms with Crippen LogP contribution in [0.15, 0.2) is 51.8 Å². The van der Waals surface area contributed by atoms with Crippen LogP contribution in [0.1, 0.15) is 20.3 Å². The number of nitrogens with one attached hydrogen (secondary N) is 1. The lowest BCUT2D eigenvalue weighted by Gasteiger charge is -2.30. The van der Waals surface area contributed by atoms with Crippen LogP contribution in [-0.2, 0) is 4.79 Å². The zero-order valence-corrected chi connectivity index (χ0v) is 14.2. The maximum atomic E-state index is 12.0. The number of hydrogen-bond donors (Lipinski definition) is 2. The Morgan fingerprint density at radius 1 is 1.58 bits per heavy atom. The van der Waals surface area contributed by atoms with Gasteiger partial charge in [-0.25, -0.2) is 9.98 Å². The molecule has 2 N–H and O–H groups in total. The molecule has 6 heteroatoms. The monoisotopic (exact) mass is 328 g/mol. The van der Waals surface area contributed by atoms with Crippen LogP contribution in [0, 0.1) is 0 Å². The molecule has 0 unspecified atom stereocenters. The highest BCUT2D eigenvalue weighted by Crippen LogP contribution is 2.18. The third-order valence-electron chi connectivity index (χ3n) is 3.92. The van der Waals surface area contributed by atoms with Crippen molar-refractivity contribution in [2.45, 2.75) is 26.4 Å². The van der Waals surface area contributed by atoms with Crippen molar-refractivity contribution in [1.82, 2.24) is 10.2 Å². The first-order chi connectivity index (χ1) is 11.6.